The van der Waals surface area contributed by atoms with Crippen molar-refractivity contribution in [1.82, 2.24) is 9.59 Å². The van der Waals surface area contributed by atoms with Gasteiger partial charge in [0.25, 0.3) is 0 Å². The van der Waals surface area contributed by atoms with Crippen molar-refractivity contribution >= 4 is 11.5 Å². The van der Waals surface area contributed by atoms with Crippen molar-refractivity contribution in [2.75, 3.05) is 0 Å². The van der Waals surface area contributed by atoms with Crippen LogP contribution in [-0.4, -0.2) is 9.59 Å². The number of nitrogens with two attached hydrogens (primary N) is 1. The maximum atomic E-state index is 6.01. The van der Waals surface area contributed by atoms with Gasteiger partial charge in [-0.25, -0.2) is 0 Å². The van der Waals surface area contributed by atoms with Crippen molar-refractivity contribution in [2.24, 2.45) is 5.73 Å². The Hall–Kier alpha value is -1.26. The second kappa shape index (κ2) is 4.51. The van der Waals surface area contributed by atoms with Crippen LogP contribution in [0.25, 0.3) is 0 Å². The molecule has 0 spiro atoms. The highest BCUT2D eigenvalue weighted by Gasteiger charge is 2.09. The Bertz CT molecular complexity index is 408. The topological polar surface area (TPSA) is 51.8 Å². The summed E-state index contributed by atoms with van der Waals surface area (Å²) in [5, 5.41) is 5.88. The third-order valence-electron chi connectivity index (χ3n) is 2.33. The largest absolute Gasteiger partial charge is 0.322 e. The maximum absolute atomic E-state index is 6.01. The van der Waals surface area contributed by atoms with E-state index in [1.807, 2.05) is 5.38 Å². The minimum atomic E-state index is -0.0496. The van der Waals surface area contributed by atoms with Crippen LogP contribution in [0.1, 0.15) is 22.9 Å². The average Bonchev–Trinajstić information content (AvgIpc) is 2.74. The van der Waals surface area contributed by atoms with E-state index in [0.29, 0.717) is 0 Å². The number of hydrogen-bond donors (Lipinski definition) is 1. The second-order valence-corrected chi connectivity index (χ2v) is 4.24. The molecule has 0 bridgehead atoms. The molecule has 1 aromatic heterocycles. The van der Waals surface area contributed by atoms with E-state index in [9.17, 15) is 0 Å². The van der Waals surface area contributed by atoms with Gasteiger partial charge >= 0.3 is 0 Å². The number of aromatic nitrogens is 2. The van der Waals surface area contributed by atoms with E-state index < -0.39 is 0 Å². The highest BCUT2D eigenvalue weighted by molar-refractivity contribution is 7.03. The highest BCUT2D eigenvalue weighted by atomic mass is 32.1. The molecule has 15 heavy (non-hydrogen) atoms. The van der Waals surface area contributed by atoms with Crippen LogP contribution >= 0.6 is 11.5 Å². The molecule has 4 heteroatoms. The van der Waals surface area contributed by atoms with Crippen LogP contribution in [0.15, 0.2) is 29.6 Å². The van der Waals surface area contributed by atoms with Crippen molar-refractivity contribution in [2.45, 2.75) is 19.4 Å². The second-order valence-electron chi connectivity index (χ2n) is 3.63. The standard InChI is InChI=1S/C11H13N3S/c1-8-2-4-9(5-3-8)6-10(12)11-7-15-14-13-11/h2-5,7,10H,6,12H2,1H3. The Morgan fingerprint density at radius 1 is 1.33 bits per heavy atom. The lowest BCUT2D eigenvalue weighted by Gasteiger charge is -2.08. The summed E-state index contributed by atoms with van der Waals surface area (Å²) in [5.41, 5.74) is 9.39. The van der Waals surface area contributed by atoms with Crippen molar-refractivity contribution in [3.8, 4) is 0 Å². The van der Waals surface area contributed by atoms with Gasteiger partial charge in [-0.2, -0.15) is 0 Å². The normalized spacial score (nSPS) is 12.7. The number of benzene rings is 1. The van der Waals surface area contributed by atoms with Crippen LogP contribution < -0.4 is 5.73 Å². The molecule has 2 N–H and O–H groups in total. The molecule has 1 unspecified atom stereocenters. The Morgan fingerprint density at radius 2 is 2.07 bits per heavy atom. The fourth-order valence-corrected chi connectivity index (χ4v) is 1.93. The first-order chi connectivity index (χ1) is 7.25. The van der Waals surface area contributed by atoms with Gasteiger partial charge in [0.05, 0.1) is 11.7 Å². The molecule has 0 aliphatic heterocycles. The lowest BCUT2D eigenvalue weighted by atomic mass is 10.0. The van der Waals surface area contributed by atoms with Gasteiger partial charge < -0.3 is 5.73 Å². The molecule has 0 amide bonds. The van der Waals surface area contributed by atoms with E-state index in [4.69, 9.17) is 5.73 Å². The smallest absolute Gasteiger partial charge is 0.0925 e. The van der Waals surface area contributed by atoms with Gasteiger partial charge in [0.2, 0.25) is 0 Å². The third kappa shape index (κ3) is 2.61. The Morgan fingerprint density at radius 3 is 2.67 bits per heavy atom. The summed E-state index contributed by atoms with van der Waals surface area (Å²) in [4.78, 5) is 0. The van der Waals surface area contributed by atoms with Gasteiger partial charge in [0, 0.05) is 5.38 Å². The number of nitrogens with zero attached hydrogens (tertiary/aromatic N) is 2. The van der Waals surface area contributed by atoms with Gasteiger partial charge in [0.15, 0.2) is 0 Å². The molecule has 0 saturated heterocycles. The van der Waals surface area contributed by atoms with E-state index in [2.05, 4.69) is 40.8 Å². The van der Waals surface area contributed by atoms with Crippen molar-refractivity contribution in [3.63, 3.8) is 0 Å². The molecule has 1 aromatic carbocycles. The van der Waals surface area contributed by atoms with Crippen LogP contribution in [0, 0.1) is 6.92 Å². The molecule has 78 valence electrons. The van der Waals surface area contributed by atoms with Gasteiger partial charge in [-0.15, -0.1) is 5.10 Å². The first-order valence-corrected chi connectivity index (χ1v) is 5.67. The van der Waals surface area contributed by atoms with Crippen molar-refractivity contribution < 1.29 is 0 Å². The number of rotatable bonds is 3. The third-order valence-corrected chi connectivity index (χ3v) is 2.86. The van der Waals surface area contributed by atoms with Crippen LogP contribution in [-0.2, 0) is 6.42 Å². The van der Waals surface area contributed by atoms with E-state index in [1.54, 1.807) is 0 Å². The molecule has 0 saturated carbocycles. The Balaban J connectivity index is 2.06. The zero-order valence-electron chi connectivity index (χ0n) is 8.55. The fourth-order valence-electron chi connectivity index (χ4n) is 1.42. The summed E-state index contributed by atoms with van der Waals surface area (Å²) < 4.78 is 3.81. The quantitative estimate of drug-likeness (QED) is 0.860. The monoisotopic (exact) mass is 219 g/mol. The van der Waals surface area contributed by atoms with Gasteiger partial charge in [-0.3, -0.25) is 0 Å². The van der Waals surface area contributed by atoms with Crippen molar-refractivity contribution in [3.05, 3.63) is 46.5 Å². The summed E-state index contributed by atoms with van der Waals surface area (Å²) >= 11 is 1.34. The summed E-state index contributed by atoms with van der Waals surface area (Å²) in [5.74, 6) is 0. The molecule has 0 fully saturated rings. The highest BCUT2D eigenvalue weighted by Crippen LogP contribution is 2.15. The Labute approximate surface area is 93.1 Å². The van der Waals surface area contributed by atoms with E-state index in [1.165, 1.54) is 22.7 Å². The molecule has 3 nitrogen and oxygen atoms in total. The van der Waals surface area contributed by atoms with E-state index >= 15 is 0 Å². The van der Waals surface area contributed by atoms with Gasteiger partial charge in [-0.05, 0) is 30.4 Å². The minimum Gasteiger partial charge on any atom is -0.322 e. The summed E-state index contributed by atoms with van der Waals surface area (Å²) in [7, 11) is 0. The number of aryl methyl sites for hydroxylation is 1. The van der Waals surface area contributed by atoms with E-state index in [0.717, 1.165) is 12.1 Å². The first-order valence-electron chi connectivity index (χ1n) is 4.84. The summed E-state index contributed by atoms with van der Waals surface area (Å²) in [6.07, 6.45) is 0.811. The van der Waals surface area contributed by atoms with E-state index in [-0.39, 0.29) is 6.04 Å². The molecule has 2 aromatic rings. The maximum Gasteiger partial charge on any atom is 0.0925 e. The Kier molecular flexibility index (Phi) is 3.08. The van der Waals surface area contributed by atoms with Crippen LogP contribution in [0.2, 0.25) is 0 Å². The molecule has 1 heterocycles. The van der Waals surface area contributed by atoms with Gasteiger partial charge in [0.1, 0.15) is 0 Å². The SMILES string of the molecule is Cc1ccc(CC(N)c2csnn2)cc1. The molecular weight excluding hydrogens is 206 g/mol. The molecule has 0 aliphatic rings. The van der Waals surface area contributed by atoms with Crippen LogP contribution in [0.3, 0.4) is 0 Å². The first kappa shape index (κ1) is 10.3. The zero-order valence-corrected chi connectivity index (χ0v) is 9.37. The molecule has 0 radical (unpaired) electrons. The minimum absolute atomic E-state index is 0.0496. The summed E-state index contributed by atoms with van der Waals surface area (Å²) in [6, 6.07) is 8.36. The van der Waals surface area contributed by atoms with Crippen LogP contribution in [0.4, 0.5) is 0 Å². The molecule has 1 atom stereocenters. The average molecular weight is 219 g/mol. The summed E-state index contributed by atoms with van der Waals surface area (Å²) in [6.45, 7) is 2.08. The van der Waals surface area contributed by atoms with Crippen LogP contribution in [0.5, 0.6) is 0 Å². The predicted molar refractivity (Wildman–Crippen MR) is 61.7 cm³/mol. The predicted octanol–water partition coefficient (Wildman–Crippen LogP) is 2.09. The molecular formula is C11H13N3S. The van der Waals surface area contributed by atoms with Gasteiger partial charge in [-0.1, -0.05) is 34.3 Å². The lowest BCUT2D eigenvalue weighted by molar-refractivity contribution is 0.692. The fraction of sp³-hybridized carbons (Fsp3) is 0.273. The lowest BCUT2D eigenvalue weighted by Crippen LogP contribution is -2.13. The van der Waals surface area contributed by atoms with Crippen molar-refractivity contribution in [1.29, 1.82) is 0 Å². The molecule has 2 rings (SSSR count). The zero-order chi connectivity index (χ0) is 10.7. The number of hydrogen-bond acceptors (Lipinski definition) is 4. The molecule has 0 aliphatic carbocycles.